The third kappa shape index (κ3) is 2.46. The number of rotatable bonds is 3. The van der Waals surface area contributed by atoms with Crippen LogP contribution in [0.2, 0.25) is 0 Å². The lowest BCUT2D eigenvalue weighted by atomic mass is 9.81. The Kier molecular flexibility index (Phi) is 3.19. The first-order valence-electron chi connectivity index (χ1n) is 5.15. The first-order chi connectivity index (χ1) is 7.16. The van der Waals surface area contributed by atoms with Crippen molar-refractivity contribution < 1.29 is 9.18 Å². The fraction of sp³-hybridized carbons (Fsp3) is 0.417. The summed E-state index contributed by atoms with van der Waals surface area (Å²) in [6.45, 7) is 0. The van der Waals surface area contributed by atoms with E-state index >= 15 is 0 Å². The number of carbonyl (C=O) groups excluding carboxylic acids is 1. The molecule has 1 aromatic carbocycles. The van der Waals surface area contributed by atoms with E-state index in [1.54, 1.807) is 6.07 Å². The summed E-state index contributed by atoms with van der Waals surface area (Å²) in [5.74, 6) is 0.350. The number of hydrogen-bond acceptors (Lipinski definition) is 1. The zero-order valence-corrected chi connectivity index (χ0v) is 9.89. The van der Waals surface area contributed by atoms with E-state index in [0.717, 1.165) is 12.8 Å². The molecular formula is C12H12BrFO. The van der Waals surface area contributed by atoms with Gasteiger partial charge in [0, 0.05) is 16.5 Å². The summed E-state index contributed by atoms with van der Waals surface area (Å²) in [6, 6.07) is 4.23. The van der Waals surface area contributed by atoms with Gasteiger partial charge < -0.3 is 0 Å². The molecule has 1 fully saturated rings. The molecule has 0 aliphatic heterocycles. The third-order valence-corrected chi connectivity index (χ3v) is 3.59. The van der Waals surface area contributed by atoms with Gasteiger partial charge in [-0.2, -0.15) is 0 Å². The van der Waals surface area contributed by atoms with Crippen molar-refractivity contribution in [2.45, 2.75) is 25.7 Å². The van der Waals surface area contributed by atoms with Crippen LogP contribution in [0.5, 0.6) is 0 Å². The van der Waals surface area contributed by atoms with Gasteiger partial charge in [0.05, 0.1) is 0 Å². The Hall–Kier alpha value is -0.700. The summed E-state index contributed by atoms with van der Waals surface area (Å²) in [5.41, 5.74) is 0.600. The number of Topliss-reactive ketones (excluding diaryl/α,β-unsaturated/α-hetero) is 1. The second kappa shape index (κ2) is 4.44. The molecule has 0 unspecified atom stereocenters. The predicted octanol–water partition coefficient (Wildman–Crippen LogP) is 3.96. The molecule has 3 heteroatoms. The summed E-state index contributed by atoms with van der Waals surface area (Å²) < 4.78 is 13.4. The van der Waals surface area contributed by atoms with Crippen LogP contribution in [0.3, 0.4) is 0 Å². The van der Waals surface area contributed by atoms with Crippen LogP contribution in [-0.2, 0) is 0 Å². The summed E-state index contributed by atoms with van der Waals surface area (Å²) in [5, 5.41) is 0. The van der Waals surface area contributed by atoms with Crippen molar-refractivity contribution in [3.63, 3.8) is 0 Å². The Morgan fingerprint density at radius 3 is 2.73 bits per heavy atom. The molecule has 80 valence electrons. The zero-order chi connectivity index (χ0) is 10.8. The molecule has 0 atom stereocenters. The highest BCUT2D eigenvalue weighted by Crippen LogP contribution is 2.31. The third-order valence-electron chi connectivity index (χ3n) is 2.93. The van der Waals surface area contributed by atoms with E-state index in [1.165, 1.54) is 18.6 Å². The molecule has 1 nitrogen and oxygen atoms in total. The van der Waals surface area contributed by atoms with Gasteiger partial charge in [-0.25, -0.2) is 4.39 Å². The molecule has 0 N–H and O–H groups in total. The Balaban J connectivity index is 2.10. The Bertz CT molecular complexity index is 385. The van der Waals surface area contributed by atoms with E-state index in [2.05, 4.69) is 15.9 Å². The second-order valence-corrected chi connectivity index (χ2v) is 4.90. The van der Waals surface area contributed by atoms with Gasteiger partial charge in [-0.05, 0) is 40.0 Å². The summed E-state index contributed by atoms with van der Waals surface area (Å²) >= 11 is 3.22. The molecule has 1 aromatic rings. The van der Waals surface area contributed by atoms with E-state index in [-0.39, 0.29) is 11.6 Å². The normalized spacial score (nSPS) is 16.1. The fourth-order valence-electron chi connectivity index (χ4n) is 1.78. The Morgan fingerprint density at radius 1 is 1.47 bits per heavy atom. The van der Waals surface area contributed by atoms with E-state index < -0.39 is 0 Å². The minimum atomic E-state index is -0.318. The Labute approximate surface area is 96.8 Å². The van der Waals surface area contributed by atoms with Gasteiger partial charge in [0.15, 0.2) is 5.78 Å². The molecule has 1 aliphatic carbocycles. The molecule has 0 bridgehead atoms. The Morgan fingerprint density at radius 2 is 2.20 bits per heavy atom. The standard InChI is InChI=1S/C12H12BrFO/c13-11-7-9(14)4-5-10(11)12(15)6-8-2-1-3-8/h4-5,7-8H,1-3,6H2. The van der Waals surface area contributed by atoms with Crippen molar-refractivity contribution in [2.24, 2.45) is 5.92 Å². The van der Waals surface area contributed by atoms with Crippen LogP contribution < -0.4 is 0 Å². The van der Waals surface area contributed by atoms with Crippen molar-refractivity contribution in [2.75, 3.05) is 0 Å². The van der Waals surface area contributed by atoms with Gasteiger partial charge in [-0.1, -0.05) is 19.3 Å². The van der Waals surface area contributed by atoms with Gasteiger partial charge >= 0.3 is 0 Å². The lowest BCUT2D eigenvalue weighted by Crippen LogP contribution is -2.16. The highest BCUT2D eigenvalue weighted by Gasteiger charge is 2.22. The van der Waals surface area contributed by atoms with Crippen molar-refractivity contribution in [1.82, 2.24) is 0 Å². The quantitative estimate of drug-likeness (QED) is 0.760. The lowest BCUT2D eigenvalue weighted by molar-refractivity contribution is 0.0935. The number of ketones is 1. The lowest BCUT2D eigenvalue weighted by Gasteiger charge is -2.24. The van der Waals surface area contributed by atoms with Crippen LogP contribution >= 0.6 is 15.9 Å². The molecule has 0 heterocycles. The molecule has 0 spiro atoms. The largest absolute Gasteiger partial charge is 0.294 e. The summed E-state index contributed by atoms with van der Waals surface area (Å²) in [7, 11) is 0. The number of benzene rings is 1. The topological polar surface area (TPSA) is 17.1 Å². The zero-order valence-electron chi connectivity index (χ0n) is 8.30. The fourth-order valence-corrected chi connectivity index (χ4v) is 2.36. The van der Waals surface area contributed by atoms with Crippen LogP contribution in [0, 0.1) is 11.7 Å². The molecule has 0 aromatic heterocycles. The van der Waals surface area contributed by atoms with Gasteiger partial charge in [0.2, 0.25) is 0 Å². The first-order valence-corrected chi connectivity index (χ1v) is 5.94. The van der Waals surface area contributed by atoms with E-state index in [0.29, 0.717) is 22.4 Å². The van der Waals surface area contributed by atoms with Crippen LogP contribution in [0.15, 0.2) is 22.7 Å². The maximum Gasteiger partial charge on any atom is 0.164 e. The molecule has 0 saturated heterocycles. The minimum Gasteiger partial charge on any atom is -0.294 e. The van der Waals surface area contributed by atoms with Crippen molar-refractivity contribution >= 4 is 21.7 Å². The van der Waals surface area contributed by atoms with Crippen molar-refractivity contribution in [1.29, 1.82) is 0 Å². The SMILES string of the molecule is O=C(CC1CCC1)c1ccc(F)cc1Br. The molecular weight excluding hydrogens is 259 g/mol. The summed E-state index contributed by atoms with van der Waals surface area (Å²) in [4.78, 5) is 11.8. The average Bonchev–Trinajstić information content (AvgIpc) is 2.11. The molecule has 1 saturated carbocycles. The van der Waals surface area contributed by atoms with E-state index in [4.69, 9.17) is 0 Å². The smallest absolute Gasteiger partial charge is 0.164 e. The van der Waals surface area contributed by atoms with E-state index in [9.17, 15) is 9.18 Å². The van der Waals surface area contributed by atoms with Crippen LogP contribution in [0.25, 0.3) is 0 Å². The van der Waals surface area contributed by atoms with Gasteiger partial charge in [0.1, 0.15) is 5.82 Å². The molecule has 2 rings (SSSR count). The monoisotopic (exact) mass is 270 g/mol. The van der Waals surface area contributed by atoms with Crippen LogP contribution in [-0.4, -0.2) is 5.78 Å². The molecule has 0 amide bonds. The molecule has 0 radical (unpaired) electrons. The minimum absolute atomic E-state index is 0.117. The average molecular weight is 271 g/mol. The predicted molar refractivity (Wildman–Crippen MR) is 60.4 cm³/mol. The van der Waals surface area contributed by atoms with Crippen molar-refractivity contribution in [3.8, 4) is 0 Å². The number of hydrogen-bond donors (Lipinski definition) is 0. The first kappa shape index (κ1) is 10.8. The van der Waals surface area contributed by atoms with E-state index in [1.807, 2.05) is 0 Å². The highest BCUT2D eigenvalue weighted by atomic mass is 79.9. The number of carbonyl (C=O) groups is 1. The van der Waals surface area contributed by atoms with Crippen LogP contribution in [0.1, 0.15) is 36.0 Å². The van der Waals surface area contributed by atoms with Gasteiger partial charge in [0.25, 0.3) is 0 Å². The highest BCUT2D eigenvalue weighted by molar-refractivity contribution is 9.10. The van der Waals surface area contributed by atoms with Crippen molar-refractivity contribution in [3.05, 3.63) is 34.1 Å². The number of halogens is 2. The summed E-state index contributed by atoms with van der Waals surface area (Å²) in [6.07, 6.45) is 4.15. The van der Waals surface area contributed by atoms with Crippen LogP contribution in [0.4, 0.5) is 4.39 Å². The second-order valence-electron chi connectivity index (χ2n) is 4.05. The van der Waals surface area contributed by atoms with Gasteiger partial charge in [-0.15, -0.1) is 0 Å². The molecule has 1 aliphatic rings. The van der Waals surface area contributed by atoms with Gasteiger partial charge in [-0.3, -0.25) is 4.79 Å². The maximum absolute atomic E-state index is 12.8. The molecule has 15 heavy (non-hydrogen) atoms. The maximum atomic E-state index is 12.8.